The average Bonchev–Trinajstić information content (AvgIpc) is 3.12. The molecule has 2 aliphatic rings. The number of likely N-dealkylation sites (N-methyl/N-ethyl adjacent to an activating group) is 1. The lowest BCUT2D eigenvalue weighted by molar-refractivity contribution is -0.134. The second kappa shape index (κ2) is 10.0. The van der Waals surface area contributed by atoms with E-state index in [2.05, 4.69) is 47.3 Å². The molecule has 1 aliphatic heterocycles. The van der Waals surface area contributed by atoms with Gasteiger partial charge in [0.15, 0.2) is 0 Å². The summed E-state index contributed by atoms with van der Waals surface area (Å²) in [4.78, 5) is 25.3. The van der Waals surface area contributed by atoms with Crippen molar-refractivity contribution in [2.75, 3.05) is 19.3 Å². The molecule has 0 unspecified atom stereocenters. The number of hydrogen-bond donors (Lipinski definition) is 3. The zero-order valence-electron chi connectivity index (χ0n) is 17.7. The maximum Gasteiger partial charge on any atom is 0.328 e. The molecule has 31 heavy (non-hydrogen) atoms. The van der Waals surface area contributed by atoms with E-state index in [-0.39, 0.29) is 0 Å². The molecule has 0 saturated carbocycles. The number of rotatable bonds is 5. The Bertz CT molecular complexity index is 1020. The summed E-state index contributed by atoms with van der Waals surface area (Å²) < 4.78 is 0. The van der Waals surface area contributed by atoms with E-state index in [0.29, 0.717) is 36.5 Å². The number of nitrogens with zero attached hydrogens (tertiary/aromatic N) is 2. The van der Waals surface area contributed by atoms with E-state index >= 15 is 0 Å². The first-order valence-corrected chi connectivity index (χ1v) is 11.5. The highest BCUT2D eigenvalue weighted by atomic mass is 32.2. The van der Waals surface area contributed by atoms with E-state index < -0.39 is 11.9 Å². The largest absolute Gasteiger partial charge is 0.478 e. The molecule has 2 aromatic rings. The van der Waals surface area contributed by atoms with Gasteiger partial charge in [-0.3, -0.25) is 4.90 Å². The number of carboxylic acid groups (broad SMARTS) is 2. The number of likely N-dealkylation sites (tertiary alicyclic amines) is 1. The highest BCUT2D eigenvalue weighted by molar-refractivity contribution is 7.98. The minimum absolute atomic E-state index is 0.511. The Morgan fingerprint density at radius 3 is 2.61 bits per heavy atom. The standard InChI is InChI=1S/C19H23N3S.C4H4O4/c1-3-22-11-12(7-8-20)9-14-13-5-4-6-16-18(13)15(10-17(14)22)19(21-16)23-2;5-3(6)1-2-4(7)8/h4-6,12,14,17,21H,3,7,9-11H2,1-2H3;1-2H,(H,5,6)(H,7,8)/b;2-1-/t12-,14-,17-;/m1./s1. The molecule has 3 N–H and O–H groups in total. The molecule has 0 radical (unpaired) electrons. The van der Waals surface area contributed by atoms with Crippen molar-refractivity contribution in [3.05, 3.63) is 41.5 Å². The van der Waals surface area contributed by atoms with Crippen LogP contribution in [0.25, 0.3) is 10.9 Å². The number of carbonyl (C=O) groups is 2. The van der Waals surface area contributed by atoms with Gasteiger partial charge in [0.05, 0.1) is 11.1 Å². The van der Waals surface area contributed by atoms with Crippen LogP contribution in [0.4, 0.5) is 0 Å². The Labute approximate surface area is 185 Å². The van der Waals surface area contributed by atoms with Crippen LogP contribution in [-0.4, -0.2) is 57.4 Å². The Morgan fingerprint density at radius 1 is 1.32 bits per heavy atom. The monoisotopic (exact) mass is 441 g/mol. The van der Waals surface area contributed by atoms with Crippen LogP contribution in [0.5, 0.6) is 0 Å². The highest BCUT2D eigenvalue weighted by Crippen LogP contribution is 2.47. The molecule has 1 aromatic heterocycles. The molecule has 1 aliphatic carbocycles. The van der Waals surface area contributed by atoms with Crippen molar-refractivity contribution in [1.82, 2.24) is 9.88 Å². The molecule has 0 spiro atoms. The molecular formula is C23H27N3O4S. The molecule has 3 atom stereocenters. The number of aliphatic carboxylic acids is 2. The number of benzene rings is 1. The molecule has 4 rings (SSSR count). The third kappa shape index (κ3) is 4.94. The summed E-state index contributed by atoms with van der Waals surface area (Å²) in [6.45, 7) is 4.41. The lowest BCUT2D eigenvalue weighted by Gasteiger charge is -2.46. The fraction of sp³-hybridized carbons (Fsp3) is 0.435. The van der Waals surface area contributed by atoms with Gasteiger partial charge < -0.3 is 15.2 Å². The normalized spacial score (nSPS) is 22.4. The summed E-state index contributed by atoms with van der Waals surface area (Å²) in [7, 11) is 0. The molecule has 164 valence electrons. The highest BCUT2D eigenvalue weighted by Gasteiger charge is 2.40. The first-order valence-electron chi connectivity index (χ1n) is 10.3. The summed E-state index contributed by atoms with van der Waals surface area (Å²) >= 11 is 1.83. The van der Waals surface area contributed by atoms with Crippen LogP contribution in [0.2, 0.25) is 0 Å². The number of nitriles is 1. The van der Waals surface area contributed by atoms with Gasteiger partial charge in [-0.2, -0.15) is 5.26 Å². The van der Waals surface area contributed by atoms with E-state index in [1.807, 2.05) is 11.8 Å². The van der Waals surface area contributed by atoms with Crippen LogP contribution in [0.1, 0.15) is 36.8 Å². The zero-order valence-corrected chi connectivity index (χ0v) is 18.5. The van der Waals surface area contributed by atoms with Crippen molar-refractivity contribution in [1.29, 1.82) is 5.26 Å². The van der Waals surface area contributed by atoms with E-state index in [9.17, 15) is 9.59 Å². The van der Waals surface area contributed by atoms with Gasteiger partial charge in [-0.05, 0) is 48.8 Å². The maximum atomic E-state index is 9.55. The first kappa shape index (κ1) is 22.9. The molecule has 0 bridgehead atoms. The quantitative estimate of drug-likeness (QED) is 0.476. The van der Waals surface area contributed by atoms with Crippen molar-refractivity contribution in [3.63, 3.8) is 0 Å². The number of hydrogen-bond acceptors (Lipinski definition) is 5. The van der Waals surface area contributed by atoms with E-state index in [4.69, 9.17) is 15.5 Å². The second-order valence-electron chi connectivity index (χ2n) is 7.85. The lowest BCUT2D eigenvalue weighted by Crippen LogP contribution is -2.49. The Hall–Kier alpha value is -2.76. The summed E-state index contributed by atoms with van der Waals surface area (Å²) in [6, 6.07) is 9.71. The molecule has 8 heteroatoms. The van der Waals surface area contributed by atoms with Gasteiger partial charge in [0.2, 0.25) is 0 Å². The number of nitrogens with one attached hydrogen (secondary N) is 1. The van der Waals surface area contributed by atoms with Crippen molar-refractivity contribution >= 4 is 34.6 Å². The Morgan fingerprint density at radius 2 is 2.03 bits per heavy atom. The van der Waals surface area contributed by atoms with Gasteiger partial charge in [0.25, 0.3) is 0 Å². The van der Waals surface area contributed by atoms with E-state index in [0.717, 1.165) is 25.9 Å². The van der Waals surface area contributed by atoms with E-state index in [1.165, 1.54) is 27.1 Å². The summed E-state index contributed by atoms with van der Waals surface area (Å²) in [5, 5.41) is 27.6. The van der Waals surface area contributed by atoms with Gasteiger partial charge in [-0.15, -0.1) is 11.8 Å². The Balaban J connectivity index is 0.000000293. The molecule has 7 nitrogen and oxygen atoms in total. The smallest absolute Gasteiger partial charge is 0.328 e. The molecule has 2 heterocycles. The number of thioether (sulfide) groups is 1. The average molecular weight is 442 g/mol. The molecule has 1 aromatic carbocycles. The summed E-state index contributed by atoms with van der Waals surface area (Å²) in [5.74, 6) is -1.43. The van der Waals surface area contributed by atoms with Gasteiger partial charge >= 0.3 is 11.9 Å². The number of aromatic amines is 1. The zero-order chi connectivity index (χ0) is 22.5. The van der Waals surface area contributed by atoms with Crippen LogP contribution in [-0.2, 0) is 16.0 Å². The van der Waals surface area contributed by atoms with Crippen LogP contribution in [0, 0.1) is 17.2 Å². The van der Waals surface area contributed by atoms with Gasteiger partial charge in [0, 0.05) is 48.0 Å². The number of H-pyrrole nitrogens is 1. The van der Waals surface area contributed by atoms with Crippen molar-refractivity contribution in [2.24, 2.45) is 5.92 Å². The molecule has 0 amide bonds. The second-order valence-corrected chi connectivity index (χ2v) is 8.66. The SMILES string of the molecule is CCN1C[C@H](CC#N)C[C@@H]2c3cccc4[nH]c(SC)c(c34)C[C@H]21.O=C(O)/C=C\C(=O)O. The number of fused-ring (bicyclic) bond motifs is 2. The van der Waals surface area contributed by atoms with Gasteiger partial charge in [-0.25, -0.2) is 9.59 Å². The predicted octanol–water partition coefficient (Wildman–Crippen LogP) is 3.87. The predicted molar refractivity (Wildman–Crippen MR) is 120 cm³/mol. The van der Waals surface area contributed by atoms with Gasteiger partial charge in [-0.1, -0.05) is 19.1 Å². The van der Waals surface area contributed by atoms with Crippen molar-refractivity contribution in [3.8, 4) is 6.07 Å². The third-order valence-corrected chi connectivity index (χ3v) is 6.86. The maximum absolute atomic E-state index is 9.55. The summed E-state index contributed by atoms with van der Waals surface area (Å²) in [6.07, 6.45) is 6.27. The fourth-order valence-corrected chi connectivity index (χ4v) is 5.55. The fourth-order valence-electron chi connectivity index (χ4n) is 4.91. The Kier molecular flexibility index (Phi) is 7.42. The van der Waals surface area contributed by atoms with E-state index in [1.54, 1.807) is 0 Å². The van der Waals surface area contributed by atoms with Gasteiger partial charge in [0.1, 0.15) is 0 Å². The number of carboxylic acids is 2. The van der Waals surface area contributed by atoms with Crippen LogP contribution < -0.4 is 0 Å². The summed E-state index contributed by atoms with van der Waals surface area (Å²) in [5.41, 5.74) is 4.30. The topological polar surface area (TPSA) is 117 Å². The minimum atomic E-state index is -1.26. The van der Waals surface area contributed by atoms with Crippen LogP contribution >= 0.6 is 11.8 Å². The van der Waals surface area contributed by atoms with Crippen LogP contribution in [0.15, 0.2) is 35.4 Å². The van der Waals surface area contributed by atoms with Crippen molar-refractivity contribution in [2.45, 2.75) is 43.2 Å². The molecule has 1 saturated heterocycles. The first-order chi connectivity index (χ1) is 14.9. The number of piperidine rings is 1. The lowest BCUT2D eigenvalue weighted by atomic mass is 9.72. The van der Waals surface area contributed by atoms with Crippen molar-refractivity contribution < 1.29 is 19.8 Å². The third-order valence-electron chi connectivity index (χ3n) is 6.11. The molecular weight excluding hydrogens is 414 g/mol. The number of aromatic nitrogens is 1. The van der Waals surface area contributed by atoms with Crippen LogP contribution in [0.3, 0.4) is 0 Å². The molecule has 1 fully saturated rings. The minimum Gasteiger partial charge on any atom is -0.478 e.